The van der Waals surface area contributed by atoms with E-state index in [-0.39, 0.29) is 29.6 Å². The summed E-state index contributed by atoms with van der Waals surface area (Å²) in [5.74, 6) is 0.248. The molecule has 7 nitrogen and oxygen atoms in total. The van der Waals surface area contributed by atoms with Crippen LogP contribution < -0.4 is 9.46 Å². The molecule has 0 aliphatic carbocycles. The number of benzene rings is 1. The fourth-order valence-corrected chi connectivity index (χ4v) is 3.43. The largest absolute Gasteiger partial charge is 0.491 e. The zero-order chi connectivity index (χ0) is 19.4. The molecule has 0 spiro atoms. The van der Waals surface area contributed by atoms with E-state index in [0.29, 0.717) is 11.5 Å². The number of hydrogen-bond donors (Lipinski definition) is 2. The van der Waals surface area contributed by atoms with Crippen molar-refractivity contribution in [1.29, 1.82) is 0 Å². The van der Waals surface area contributed by atoms with Gasteiger partial charge in [-0.3, -0.25) is 0 Å². The van der Waals surface area contributed by atoms with Crippen molar-refractivity contribution in [3.8, 4) is 17.3 Å². The number of aliphatic hydroxyl groups is 1. The molecule has 2 aromatic heterocycles. The summed E-state index contributed by atoms with van der Waals surface area (Å²) >= 11 is 0. The van der Waals surface area contributed by atoms with Crippen LogP contribution in [0.5, 0.6) is 5.75 Å². The Bertz CT molecular complexity index is 997. The SMILES string of the molecule is CCOc1ccc(S(=O)(=O)NCC(O)c2ccc(-c3ccco3)o2)cc1F. The Labute approximate surface area is 155 Å². The normalized spacial score (nSPS) is 12.9. The van der Waals surface area contributed by atoms with Gasteiger partial charge in [0.25, 0.3) is 0 Å². The maximum atomic E-state index is 13.9. The van der Waals surface area contributed by atoms with Crippen LogP contribution in [0.2, 0.25) is 0 Å². The quantitative estimate of drug-likeness (QED) is 0.608. The highest BCUT2D eigenvalue weighted by molar-refractivity contribution is 7.89. The van der Waals surface area contributed by atoms with Crippen molar-refractivity contribution in [2.24, 2.45) is 0 Å². The summed E-state index contributed by atoms with van der Waals surface area (Å²) in [7, 11) is -4.02. The van der Waals surface area contributed by atoms with E-state index >= 15 is 0 Å². The smallest absolute Gasteiger partial charge is 0.240 e. The van der Waals surface area contributed by atoms with Crippen LogP contribution in [-0.2, 0) is 10.0 Å². The Morgan fingerprint density at radius 3 is 2.70 bits per heavy atom. The molecule has 0 amide bonds. The van der Waals surface area contributed by atoms with Gasteiger partial charge < -0.3 is 18.7 Å². The number of nitrogens with one attached hydrogen (secondary N) is 1. The first-order chi connectivity index (χ1) is 12.9. The van der Waals surface area contributed by atoms with Gasteiger partial charge in [-0.25, -0.2) is 17.5 Å². The van der Waals surface area contributed by atoms with Crippen LogP contribution in [-0.4, -0.2) is 26.7 Å². The lowest BCUT2D eigenvalue weighted by atomic mass is 10.3. The molecule has 0 saturated heterocycles. The van der Waals surface area contributed by atoms with Crippen LogP contribution in [0.25, 0.3) is 11.5 Å². The number of sulfonamides is 1. The number of ether oxygens (including phenoxy) is 1. The molecule has 1 aromatic carbocycles. The lowest BCUT2D eigenvalue weighted by Crippen LogP contribution is -2.28. The summed E-state index contributed by atoms with van der Waals surface area (Å²) in [6.45, 7) is 1.61. The molecular formula is C18H18FNO6S. The molecule has 3 aromatic rings. The molecule has 0 radical (unpaired) electrons. The first kappa shape index (κ1) is 19.2. The molecule has 1 atom stereocenters. The molecule has 0 bridgehead atoms. The summed E-state index contributed by atoms with van der Waals surface area (Å²) in [6, 6.07) is 9.84. The zero-order valence-corrected chi connectivity index (χ0v) is 15.2. The van der Waals surface area contributed by atoms with Gasteiger partial charge in [0.15, 0.2) is 23.1 Å². The number of halogens is 1. The second kappa shape index (κ2) is 7.95. The Balaban J connectivity index is 1.67. The van der Waals surface area contributed by atoms with E-state index in [4.69, 9.17) is 13.6 Å². The van der Waals surface area contributed by atoms with Gasteiger partial charge in [0.1, 0.15) is 11.9 Å². The van der Waals surface area contributed by atoms with E-state index in [9.17, 15) is 17.9 Å². The van der Waals surface area contributed by atoms with Crippen molar-refractivity contribution in [1.82, 2.24) is 4.72 Å². The third kappa shape index (κ3) is 4.38. The minimum atomic E-state index is -4.02. The molecule has 27 heavy (non-hydrogen) atoms. The van der Waals surface area contributed by atoms with E-state index in [1.54, 1.807) is 25.1 Å². The van der Waals surface area contributed by atoms with E-state index in [1.807, 2.05) is 0 Å². The fourth-order valence-electron chi connectivity index (χ4n) is 2.38. The minimum Gasteiger partial charge on any atom is -0.491 e. The third-order valence-corrected chi connectivity index (χ3v) is 5.12. The highest BCUT2D eigenvalue weighted by Gasteiger charge is 2.20. The highest BCUT2D eigenvalue weighted by Crippen LogP contribution is 2.26. The van der Waals surface area contributed by atoms with Gasteiger partial charge in [-0.2, -0.15) is 0 Å². The van der Waals surface area contributed by atoms with Gasteiger partial charge in [-0.05, 0) is 49.4 Å². The number of rotatable bonds is 8. The highest BCUT2D eigenvalue weighted by atomic mass is 32.2. The standard InChI is InChI=1S/C18H18FNO6S/c1-2-24-15-6-5-12(10-13(15)19)27(22,23)20-11-14(21)16-7-8-18(26-16)17-4-3-9-25-17/h3-10,14,20-21H,2,11H2,1H3. The molecule has 1 unspecified atom stereocenters. The molecule has 0 saturated carbocycles. The molecule has 2 N–H and O–H groups in total. The molecule has 3 rings (SSSR count). The topological polar surface area (TPSA) is 102 Å². The Hall–Kier alpha value is -2.62. The number of hydrogen-bond acceptors (Lipinski definition) is 6. The molecule has 0 fully saturated rings. The maximum absolute atomic E-state index is 13.9. The predicted molar refractivity (Wildman–Crippen MR) is 94.1 cm³/mol. The van der Waals surface area contributed by atoms with Gasteiger partial charge in [0, 0.05) is 6.54 Å². The van der Waals surface area contributed by atoms with Crippen LogP contribution >= 0.6 is 0 Å². The van der Waals surface area contributed by atoms with Crippen molar-refractivity contribution in [3.05, 3.63) is 60.3 Å². The van der Waals surface area contributed by atoms with E-state index in [1.165, 1.54) is 24.5 Å². The van der Waals surface area contributed by atoms with Crippen molar-refractivity contribution in [2.45, 2.75) is 17.9 Å². The van der Waals surface area contributed by atoms with Crippen molar-refractivity contribution < 1.29 is 31.5 Å². The van der Waals surface area contributed by atoms with Crippen LogP contribution in [0.4, 0.5) is 4.39 Å². The molecule has 9 heteroatoms. The van der Waals surface area contributed by atoms with Crippen molar-refractivity contribution in [3.63, 3.8) is 0 Å². The lowest BCUT2D eigenvalue weighted by molar-refractivity contribution is 0.154. The third-order valence-electron chi connectivity index (χ3n) is 3.70. The second-order valence-electron chi connectivity index (χ2n) is 5.57. The average molecular weight is 395 g/mol. The number of furan rings is 2. The summed E-state index contributed by atoms with van der Waals surface area (Å²) in [4.78, 5) is -0.272. The second-order valence-corrected chi connectivity index (χ2v) is 7.34. The van der Waals surface area contributed by atoms with Crippen LogP contribution in [0.15, 0.2) is 62.5 Å². The maximum Gasteiger partial charge on any atom is 0.240 e. The summed E-state index contributed by atoms with van der Waals surface area (Å²) in [5, 5.41) is 10.2. The van der Waals surface area contributed by atoms with Crippen molar-refractivity contribution >= 4 is 10.0 Å². The van der Waals surface area contributed by atoms with Gasteiger partial charge in [-0.15, -0.1) is 0 Å². The minimum absolute atomic E-state index is 0.0301. The van der Waals surface area contributed by atoms with Crippen molar-refractivity contribution in [2.75, 3.05) is 13.2 Å². The summed E-state index contributed by atoms with van der Waals surface area (Å²) in [5.41, 5.74) is 0. The first-order valence-electron chi connectivity index (χ1n) is 8.14. The Kier molecular flexibility index (Phi) is 5.64. The van der Waals surface area contributed by atoms with Crippen LogP contribution in [0.1, 0.15) is 18.8 Å². The molecule has 144 valence electrons. The molecule has 2 heterocycles. The molecule has 0 aliphatic rings. The van der Waals surface area contributed by atoms with E-state index in [0.717, 1.165) is 6.07 Å². The van der Waals surface area contributed by atoms with Gasteiger partial charge in [0.05, 0.1) is 17.8 Å². The first-order valence-corrected chi connectivity index (χ1v) is 9.62. The van der Waals surface area contributed by atoms with Gasteiger partial charge >= 0.3 is 0 Å². The van der Waals surface area contributed by atoms with E-state index in [2.05, 4.69) is 4.72 Å². The average Bonchev–Trinajstić information content (AvgIpc) is 3.33. The van der Waals surface area contributed by atoms with Gasteiger partial charge in [0.2, 0.25) is 10.0 Å². The zero-order valence-electron chi connectivity index (χ0n) is 14.4. The summed E-state index contributed by atoms with van der Waals surface area (Å²) < 4.78 is 56.4. The lowest BCUT2D eigenvalue weighted by Gasteiger charge is -2.11. The van der Waals surface area contributed by atoms with Crippen LogP contribution in [0, 0.1) is 5.82 Å². The predicted octanol–water partition coefficient (Wildman–Crippen LogP) is 3.09. The van der Waals surface area contributed by atoms with Gasteiger partial charge in [-0.1, -0.05) is 0 Å². The van der Waals surface area contributed by atoms with Crippen LogP contribution in [0.3, 0.4) is 0 Å². The number of aliphatic hydroxyl groups excluding tert-OH is 1. The molecular weight excluding hydrogens is 377 g/mol. The van der Waals surface area contributed by atoms with E-state index < -0.39 is 21.9 Å². The molecule has 0 aliphatic heterocycles. The monoisotopic (exact) mass is 395 g/mol. The fraction of sp³-hybridized carbons (Fsp3) is 0.222. The summed E-state index contributed by atoms with van der Waals surface area (Å²) in [6.07, 6.45) is 0.258. The Morgan fingerprint density at radius 2 is 2.04 bits per heavy atom. The Morgan fingerprint density at radius 1 is 1.22 bits per heavy atom.